The van der Waals surface area contributed by atoms with E-state index in [1.54, 1.807) is 0 Å². The molecule has 0 fully saturated rings. The van der Waals surface area contributed by atoms with Crippen molar-refractivity contribution in [2.24, 2.45) is 5.92 Å². The Kier molecular flexibility index (Phi) is 2.46. The zero-order chi connectivity index (χ0) is 8.93. The molecule has 1 aromatic carbocycles. The van der Waals surface area contributed by atoms with Crippen LogP contribution in [0.3, 0.4) is 0 Å². The van der Waals surface area contributed by atoms with Crippen molar-refractivity contribution in [3.8, 4) is 5.75 Å². The Morgan fingerprint density at radius 3 is 2.38 bits per heavy atom. The van der Waals surface area contributed by atoms with Gasteiger partial charge in [0.1, 0.15) is 5.75 Å². The molecule has 0 amide bonds. The van der Waals surface area contributed by atoms with E-state index in [2.05, 4.69) is 24.3 Å². The van der Waals surface area contributed by atoms with E-state index in [1.165, 1.54) is 0 Å². The molecular formula is C12H12O. The zero-order valence-electron chi connectivity index (χ0n) is 7.39. The summed E-state index contributed by atoms with van der Waals surface area (Å²) in [7, 11) is 0. The van der Waals surface area contributed by atoms with Crippen molar-refractivity contribution in [1.29, 1.82) is 0 Å². The Bertz CT molecular complexity index is 299. The number of ether oxygens (including phenoxy) is 1. The van der Waals surface area contributed by atoms with Gasteiger partial charge in [0.15, 0.2) is 0 Å². The fraction of sp³-hybridized carbons (Fsp3) is 0.167. The molecule has 13 heavy (non-hydrogen) atoms. The Morgan fingerprint density at radius 2 is 1.69 bits per heavy atom. The third-order valence-electron chi connectivity index (χ3n) is 2.01. The van der Waals surface area contributed by atoms with Gasteiger partial charge >= 0.3 is 0 Å². The van der Waals surface area contributed by atoms with Gasteiger partial charge in [-0.15, -0.1) is 0 Å². The number of benzene rings is 1. The zero-order valence-corrected chi connectivity index (χ0v) is 7.39. The molecule has 0 bridgehead atoms. The fourth-order valence-electron chi connectivity index (χ4n) is 1.30. The van der Waals surface area contributed by atoms with Crippen LogP contribution in [0.4, 0.5) is 0 Å². The molecule has 0 aliphatic heterocycles. The van der Waals surface area contributed by atoms with Crippen LogP contribution in [0.15, 0.2) is 54.6 Å². The normalized spacial score (nSPS) is 15.1. The van der Waals surface area contributed by atoms with Gasteiger partial charge in [-0.3, -0.25) is 0 Å². The number of para-hydroxylation sites is 1. The molecule has 1 aliphatic carbocycles. The van der Waals surface area contributed by atoms with Crippen LogP contribution in [0.25, 0.3) is 0 Å². The molecule has 0 atom stereocenters. The third-order valence-corrected chi connectivity index (χ3v) is 2.01. The van der Waals surface area contributed by atoms with Crippen LogP contribution in [-0.2, 0) is 0 Å². The minimum atomic E-state index is 0.445. The van der Waals surface area contributed by atoms with Crippen LogP contribution in [0.5, 0.6) is 5.75 Å². The lowest BCUT2D eigenvalue weighted by Crippen LogP contribution is -2.05. The number of rotatable bonds is 3. The minimum Gasteiger partial charge on any atom is -0.493 e. The molecule has 0 spiro atoms. The quantitative estimate of drug-likeness (QED) is 0.681. The van der Waals surface area contributed by atoms with Crippen LogP contribution in [-0.4, -0.2) is 6.61 Å². The van der Waals surface area contributed by atoms with Gasteiger partial charge in [0.25, 0.3) is 0 Å². The molecule has 0 saturated carbocycles. The van der Waals surface area contributed by atoms with E-state index in [1.807, 2.05) is 30.3 Å². The maximum absolute atomic E-state index is 5.59. The summed E-state index contributed by atoms with van der Waals surface area (Å²) in [6.45, 7) is 0.733. The summed E-state index contributed by atoms with van der Waals surface area (Å²) in [5.41, 5.74) is 0. The van der Waals surface area contributed by atoms with Crippen molar-refractivity contribution in [3.05, 3.63) is 54.6 Å². The monoisotopic (exact) mass is 172 g/mol. The molecule has 2 rings (SSSR count). The van der Waals surface area contributed by atoms with Crippen molar-refractivity contribution in [2.45, 2.75) is 0 Å². The first-order chi connectivity index (χ1) is 6.45. The van der Waals surface area contributed by atoms with Crippen molar-refractivity contribution >= 4 is 0 Å². The largest absolute Gasteiger partial charge is 0.493 e. The summed E-state index contributed by atoms with van der Waals surface area (Å²) in [6.07, 6.45) is 8.39. The van der Waals surface area contributed by atoms with Gasteiger partial charge in [0.05, 0.1) is 6.61 Å². The Labute approximate surface area is 78.3 Å². The maximum Gasteiger partial charge on any atom is 0.119 e. The Hall–Kier alpha value is -1.50. The van der Waals surface area contributed by atoms with Gasteiger partial charge in [-0.25, -0.2) is 0 Å². The highest BCUT2D eigenvalue weighted by atomic mass is 16.5. The highest BCUT2D eigenvalue weighted by molar-refractivity contribution is 5.22. The topological polar surface area (TPSA) is 9.23 Å². The molecule has 0 aromatic heterocycles. The standard InChI is InChI=1S/C12H12O/c1-2-8-12(9-3-1)13-10-11-6-4-5-7-11/h1-9,11H,10H2. The lowest BCUT2D eigenvalue weighted by Gasteiger charge is -2.08. The van der Waals surface area contributed by atoms with Crippen molar-refractivity contribution in [2.75, 3.05) is 6.61 Å². The van der Waals surface area contributed by atoms with Crippen LogP contribution in [0, 0.1) is 5.92 Å². The number of hydrogen-bond donors (Lipinski definition) is 0. The molecular weight excluding hydrogens is 160 g/mol. The first-order valence-corrected chi connectivity index (χ1v) is 4.48. The highest BCUT2D eigenvalue weighted by Gasteiger charge is 2.03. The summed E-state index contributed by atoms with van der Waals surface area (Å²) in [5, 5.41) is 0. The second-order valence-corrected chi connectivity index (χ2v) is 3.06. The van der Waals surface area contributed by atoms with Crippen LogP contribution in [0.2, 0.25) is 0 Å². The fourth-order valence-corrected chi connectivity index (χ4v) is 1.30. The summed E-state index contributed by atoms with van der Waals surface area (Å²) < 4.78 is 5.59. The summed E-state index contributed by atoms with van der Waals surface area (Å²) >= 11 is 0. The minimum absolute atomic E-state index is 0.445. The van der Waals surface area contributed by atoms with Gasteiger partial charge in [0.2, 0.25) is 0 Å². The molecule has 0 saturated heterocycles. The van der Waals surface area contributed by atoms with Crippen LogP contribution >= 0.6 is 0 Å². The van der Waals surface area contributed by atoms with Gasteiger partial charge in [0, 0.05) is 5.92 Å². The number of allylic oxidation sites excluding steroid dienone is 2. The molecule has 1 nitrogen and oxygen atoms in total. The van der Waals surface area contributed by atoms with E-state index in [0.29, 0.717) is 5.92 Å². The second kappa shape index (κ2) is 3.94. The first kappa shape index (κ1) is 8.11. The predicted octanol–water partition coefficient (Wildman–Crippen LogP) is 2.81. The Morgan fingerprint density at radius 1 is 1.00 bits per heavy atom. The smallest absolute Gasteiger partial charge is 0.119 e. The van der Waals surface area contributed by atoms with Crippen molar-refractivity contribution in [1.82, 2.24) is 0 Å². The summed E-state index contributed by atoms with van der Waals surface area (Å²) in [6, 6.07) is 9.90. The van der Waals surface area contributed by atoms with Crippen molar-refractivity contribution in [3.63, 3.8) is 0 Å². The average molecular weight is 172 g/mol. The maximum atomic E-state index is 5.59. The SMILES string of the molecule is C1=CC(COc2ccccc2)C=C1. The van der Waals surface area contributed by atoms with E-state index in [4.69, 9.17) is 4.74 Å². The summed E-state index contributed by atoms with van der Waals surface area (Å²) in [5.74, 6) is 1.39. The summed E-state index contributed by atoms with van der Waals surface area (Å²) in [4.78, 5) is 0. The lowest BCUT2D eigenvalue weighted by molar-refractivity contribution is 0.298. The highest BCUT2D eigenvalue weighted by Crippen LogP contribution is 2.13. The van der Waals surface area contributed by atoms with E-state index < -0.39 is 0 Å². The van der Waals surface area contributed by atoms with E-state index in [-0.39, 0.29) is 0 Å². The van der Waals surface area contributed by atoms with Crippen LogP contribution < -0.4 is 4.74 Å². The molecule has 1 aromatic rings. The molecule has 1 heteroatoms. The van der Waals surface area contributed by atoms with E-state index in [9.17, 15) is 0 Å². The molecule has 0 heterocycles. The van der Waals surface area contributed by atoms with Gasteiger partial charge in [-0.05, 0) is 12.1 Å². The van der Waals surface area contributed by atoms with Gasteiger partial charge in [-0.2, -0.15) is 0 Å². The lowest BCUT2D eigenvalue weighted by atomic mass is 10.2. The van der Waals surface area contributed by atoms with Gasteiger partial charge < -0.3 is 4.74 Å². The molecule has 0 radical (unpaired) electrons. The van der Waals surface area contributed by atoms with Crippen molar-refractivity contribution < 1.29 is 4.74 Å². The third kappa shape index (κ3) is 2.22. The van der Waals surface area contributed by atoms with E-state index in [0.717, 1.165) is 12.4 Å². The molecule has 0 N–H and O–H groups in total. The molecule has 1 aliphatic rings. The van der Waals surface area contributed by atoms with Gasteiger partial charge in [-0.1, -0.05) is 42.5 Å². The molecule has 66 valence electrons. The predicted molar refractivity (Wildman–Crippen MR) is 53.7 cm³/mol. The average Bonchev–Trinajstić information content (AvgIpc) is 2.69. The second-order valence-electron chi connectivity index (χ2n) is 3.06. The first-order valence-electron chi connectivity index (χ1n) is 4.48. The Balaban J connectivity index is 1.86. The molecule has 0 unspecified atom stereocenters. The van der Waals surface area contributed by atoms with Crippen LogP contribution in [0.1, 0.15) is 0 Å². The van der Waals surface area contributed by atoms with E-state index >= 15 is 0 Å². The number of hydrogen-bond acceptors (Lipinski definition) is 1.